The number of rotatable bonds is 2. The van der Waals surface area contributed by atoms with E-state index in [9.17, 15) is 8.42 Å². The zero-order chi connectivity index (χ0) is 16.0. The van der Waals surface area contributed by atoms with Gasteiger partial charge in [0, 0.05) is 25.4 Å². The highest BCUT2D eigenvalue weighted by atomic mass is 127. The highest BCUT2D eigenvalue weighted by Crippen LogP contribution is 2.32. The van der Waals surface area contributed by atoms with E-state index in [-0.39, 0.29) is 5.16 Å². The average Bonchev–Trinajstić information content (AvgIpc) is 2.76. The minimum Gasteiger partial charge on any atom is -0.291 e. The van der Waals surface area contributed by atoms with E-state index in [1.807, 2.05) is 45.9 Å². The van der Waals surface area contributed by atoms with E-state index < -0.39 is 14.6 Å². The first-order valence-corrected chi connectivity index (χ1v) is 9.58. The van der Waals surface area contributed by atoms with Gasteiger partial charge in [0.25, 0.3) is 14.2 Å². The standard InChI is InChI=1S/C13H15ClIN3O2S/c1-8-6-5-7-9(10(8)15)11-16-17-12(21(14,19)20)18(11)13(2,3)4/h5-7H,1-4H3. The SMILES string of the molecule is Cc1cccc(-c2nnc(S(=O)(=O)Cl)n2C(C)(C)C)c1I. The average molecular weight is 440 g/mol. The van der Waals surface area contributed by atoms with E-state index in [0.717, 1.165) is 14.7 Å². The molecule has 1 heterocycles. The van der Waals surface area contributed by atoms with Gasteiger partial charge in [0.15, 0.2) is 5.82 Å². The largest absolute Gasteiger partial charge is 0.296 e. The number of benzene rings is 1. The van der Waals surface area contributed by atoms with E-state index in [1.165, 1.54) is 0 Å². The fraction of sp³-hybridized carbons (Fsp3) is 0.385. The molecule has 0 radical (unpaired) electrons. The number of hydrogen-bond donors (Lipinski definition) is 0. The molecule has 8 heteroatoms. The van der Waals surface area contributed by atoms with E-state index >= 15 is 0 Å². The van der Waals surface area contributed by atoms with Crippen molar-refractivity contribution in [1.82, 2.24) is 14.8 Å². The first-order valence-electron chi connectivity index (χ1n) is 6.19. The minimum atomic E-state index is -3.97. The number of aromatic nitrogens is 3. The second-order valence-electron chi connectivity index (χ2n) is 5.69. The Morgan fingerprint density at radius 3 is 2.38 bits per heavy atom. The summed E-state index contributed by atoms with van der Waals surface area (Å²) in [6.07, 6.45) is 0. The van der Waals surface area contributed by atoms with Crippen molar-refractivity contribution in [3.63, 3.8) is 0 Å². The van der Waals surface area contributed by atoms with Gasteiger partial charge in [0.05, 0.1) is 0 Å². The summed E-state index contributed by atoms with van der Waals surface area (Å²) in [6, 6.07) is 5.79. The van der Waals surface area contributed by atoms with Crippen LogP contribution >= 0.6 is 33.3 Å². The molecule has 1 aromatic heterocycles. The van der Waals surface area contributed by atoms with E-state index in [4.69, 9.17) is 10.7 Å². The molecule has 0 unspecified atom stereocenters. The first kappa shape index (κ1) is 16.7. The number of nitrogens with zero attached hydrogens (tertiary/aromatic N) is 3. The summed E-state index contributed by atoms with van der Waals surface area (Å²) in [7, 11) is 1.52. The predicted octanol–water partition coefficient (Wildman–Crippen LogP) is 3.54. The van der Waals surface area contributed by atoms with Crippen LogP contribution in [0, 0.1) is 10.5 Å². The summed E-state index contributed by atoms with van der Waals surface area (Å²) in [5.74, 6) is 0.495. The molecule has 114 valence electrons. The molecule has 0 saturated carbocycles. The van der Waals surface area contributed by atoms with Crippen molar-refractivity contribution in [2.24, 2.45) is 0 Å². The van der Waals surface area contributed by atoms with Crippen molar-refractivity contribution in [3.8, 4) is 11.4 Å². The molecular formula is C13H15ClIN3O2S. The lowest BCUT2D eigenvalue weighted by Gasteiger charge is -2.24. The second-order valence-corrected chi connectivity index (χ2v) is 9.23. The van der Waals surface area contributed by atoms with E-state index in [0.29, 0.717) is 5.82 Å². The molecule has 2 aromatic rings. The van der Waals surface area contributed by atoms with Gasteiger partial charge in [0.2, 0.25) is 0 Å². The van der Waals surface area contributed by atoms with Gasteiger partial charge >= 0.3 is 0 Å². The Bertz CT molecular complexity index is 794. The van der Waals surface area contributed by atoms with Crippen LogP contribution in [0.1, 0.15) is 26.3 Å². The van der Waals surface area contributed by atoms with Crippen LogP contribution < -0.4 is 0 Å². The Morgan fingerprint density at radius 2 is 1.86 bits per heavy atom. The quantitative estimate of drug-likeness (QED) is 0.530. The summed E-state index contributed by atoms with van der Waals surface area (Å²) in [4.78, 5) is 0. The molecule has 1 aromatic carbocycles. The predicted molar refractivity (Wildman–Crippen MR) is 90.9 cm³/mol. The molecule has 2 rings (SSSR count). The fourth-order valence-corrected chi connectivity index (χ4v) is 3.64. The van der Waals surface area contributed by atoms with E-state index in [2.05, 4.69) is 32.8 Å². The van der Waals surface area contributed by atoms with Gasteiger partial charge in [-0.05, 0) is 55.8 Å². The molecule has 0 aliphatic rings. The van der Waals surface area contributed by atoms with Gasteiger partial charge in [-0.25, -0.2) is 8.42 Å². The van der Waals surface area contributed by atoms with Crippen LogP contribution in [0.25, 0.3) is 11.4 Å². The van der Waals surface area contributed by atoms with Gasteiger partial charge in [-0.2, -0.15) is 0 Å². The summed E-state index contributed by atoms with van der Waals surface area (Å²) in [6.45, 7) is 7.64. The van der Waals surface area contributed by atoms with Crippen molar-refractivity contribution < 1.29 is 8.42 Å². The summed E-state index contributed by atoms with van der Waals surface area (Å²) in [5.41, 5.74) is 1.40. The third-order valence-corrected chi connectivity index (χ3v) is 5.50. The molecule has 0 N–H and O–H groups in total. The highest BCUT2D eigenvalue weighted by molar-refractivity contribution is 14.1. The van der Waals surface area contributed by atoms with Gasteiger partial charge < -0.3 is 0 Å². The maximum Gasteiger partial charge on any atom is 0.296 e. The Morgan fingerprint density at radius 1 is 1.24 bits per heavy atom. The van der Waals surface area contributed by atoms with Gasteiger partial charge in [-0.1, -0.05) is 18.2 Å². The molecule has 21 heavy (non-hydrogen) atoms. The van der Waals surface area contributed by atoms with Crippen molar-refractivity contribution in [2.45, 2.75) is 38.4 Å². The summed E-state index contributed by atoms with van der Waals surface area (Å²) in [5, 5.41) is 7.62. The molecule has 0 bridgehead atoms. The molecule has 0 amide bonds. The monoisotopic (exact) mass is 439 g/mol. The van der Waals surface area contributed by atoms with Crippen molar-refractivity contribution in [3.05, 3.63) is 27.3 Å². The molecule has 5 nitrogen and oxygen atoms in total. The topological polar surface area (TPSA) is 64.8 Å². The summed E-state index contributed by atoms with van der Waals surface area (Å²) < 4.78 is 26.0. The van der Waals surface area contributed by atoms with Gasteiger partial charge in [-0.15, -0.1) is 10.2 Å². The molecule has 0 saturated heterocycles. The lowest BCUT2D eigenvalue weighted by Crippen LogP contribution is -2.26. The van der Waals surface area contributed by atoms with E-state index in [1.54, 1.807) is 4.57 Å². The number of aryl methyl sites for hydroxylation is 1. The van der Waals surface area contributed by atoms with Crippen LogP contribution in [0.2, 0.25) is 0 Å². The van der Waals surface area contributed by atoms with Crippen LogP contribution in [0.3, 0.4) is 0 Å². The zero-order valence-corrected chi connectivity index (χ0v) is 15.8. The van der Waals surface area contributed by atoms with Crippen LogP contribution in [0.4, 0.5) is 0 Å². The fourth-order valence-electron chi connectivity index (χ4n) is 2.03. The van der Waals surface area contributed by atoms with Gasteiger partial charge in [-0.3, -0.25) is 4.57 Å². The molecular weight excluding hydrogens is 425 g/mol. The van der Waals surface area contributed by atoms with Gasteiger partial charge in [0.1, 0.15) is 0 Å². The lowest BCUT2D eigenvalue weighted by atomic mass is 10.1. The molecule has 0 aliphatic carbocycles. The van der Waals surface area contributed by atoms with Crippen molar-refractivity contribution in [1.29, 1.82) is 0 Å². The zero-order valence-electron chi connectivity index (χ0n) is 12.1. The first-order chi connectivity index (χ1) is 9.53. The molecule has 0 aliphatic heterocycles. The summed E-state index contributed by atoms with van der Waals surface area (Å²) >= 11 is 2.22. The Kier molecular flexibility index (Phi) is 4.38. The lowest BCUT2D eigenvalue weighted by molar-refractivity contribution is 0.367. The smallest absolute Gasteiger partial charge is 0.291 e. The maximum atomic E-state index is 11.7. The van der Waals surface area contributed by atoms with Crippen molar-refractivity contribution >= 4 is 42.3 Å². The van der Waals surface area contributed by atoms with Crippen LogP contribution in [-0.4, -0.2) is 23.2 Å². The highest BCUT2D eigenvalue weighted by Gasteiger charge is 2.30. The molecule has 0 spiro atoms. The third-order valence-electron chi connectivity index (χ3n) is 2.95. The Labute approximate surface area is 142 Å². The number of hydrogen-bond acceptors (Lipinski definition) is 4. The van der Waals surface area contributed by atoms with Crippen molar-refractivity contribution in [2.75, 3.05) is 0 Å². The molecule has 0 atom stereocenters. The number of halogens is 2. The second kappa shape index (κ2) is 5.51. The maximum absolute atomic E-state index is 11.7. The van der Waals surface area contributed by atoms with Crippen LogP contribution in [-0.2, 0) is 14.6 Å². The Balaban J connectivity index is 2.83. The Hall–Kier alpha value is -0.670. The van der Waals surface area contributed by atoms with Crippen LogP contribution in [0.15, 0.2) is 23.4 Å². The minimum absolute atomic E-state index is 0.232. The third kappa shape index (κ3) is 3.24. The molecule has 0 fully saturated rings. The normalized spacial score (nSPS) is 12.7. The van der Waals surface area contributed by atoms with Crippen LogP contribution in [0.5, 0.6) is 0 Å².